The summed E-state index contributed by atoms with van der Waals surface area (Å²) in [5, 5.41) is 7.01. The van der Waals surface area contributed by atoms with Gasteiger partial charge in [-0.05, 0) is 44.2 Å². The van der Waals surface area contributed by atoms with Crippen LogP contribution in [0.3, 0.4) is 0 Å². The smallest absolute Gasteiger partial charge is 0.128 e. The van der Waals surface area contributed by atoms with Crippen LogP contribution in [-0.2, 0) is 4.74 Å². The summed E-state index contributed by atoms with van der Waals surface area (Å²) in [5.41, 5.74) is 2.19. The number of hydrogen-bond donors (Lipinski definition) is 1. The van der Waals surface area contributed by atoms with Gasteiger partial charge >= 0.3 is 0 Å². The molecule has 1 N–H and O–H groups in total. The monoisotopic (exact) mass is 340 g/mol. The summed E-state index contributed by atoms with van der Waals surface area (Å²) in [7, 11) is 0. The van der Waals surface area contributed by atoms with Gasteiger partial charge < -0.3 is 9.64 Å². The number of anilines is 1. The minimum atomic E-state index is 0.240. The second-order valence-corrected chi connectivity index (χ2v) is 7.29. The molecule has 0 radical (unpaired) electrons. The van der Waals surface area contributed by atoms with Crippen LogP contribution >= 0.6 is 11.3 Å². The standard InChI is InChI=1S/C18H20N4OS/c1-12-10-22(11-13(2)23-12)18-6-3-14(9-19-18)16-4-5-17(24-16)15-7-8-20-21-15/h3-9,12-13H,10-11H2,1-2H3,(H,20,21)/t12-,13+. The maximum absolute atomic E-state index is 5.79. The minimum Gasteiger partial charge on any atom is -0.372 e. The number of aromatic nitrogens is 3. The molecule has 3 aromatic rings. The quantitative estimate of drug-likeness (QED) is 0.788. The number of hydrogen-bond acceptors (Lipinski definition) is 5. The molecule has 6 heteroatoms. The molecule has 0 aliphatic carbocycles. The zero-order chi connectivity index (χ0) is 16.5. The summed E-state index contributed by atoms with van der Waals surface area (Å²) in [6, 6.07) is 10.5. The van der Waals surface area contributed by atoms with E-state index >= 15 is 0 Å². The summed E-state index contributed by atoms with van der Waals surface area (Å²) in [5.74, 6) is 1.02. The average molecular weight is 340 g/mol. The van der Waals surface area contributed by atoms with Crippen molar-refractivity contribution in [1.29, 1.82) is 0 Å². The second-order valence-electron chi connectivity index (χ2n) is 6.20. The first-order chi connectivity index (χ1) is 11.7. The number of nitrogens with one attached hydrogen (secondary N) is 1. The van der Waals surface area contributed by atoms with Crippen LogP contribution < -0.4 is 4.90 Å². The van der Waals surface area contributed by atoms with Crippen LogP contribution in [0.2, 0.25) is 0 Å². The van der Waals surface area contributed by atoms with Gasteiger partial charge in [0.05, 0.1) is 22.8 Å². The Morgan fingerprint density at radius 1 is 1.08 bits per heavy atom. The van der Waals surface area contributed by atoms with Gasteiger partial charge in [-0.15, -0.1) is 11.3 Å². The van der Waals surface area contributed by atoms with Crippen LogP contribution in [-0.4, -0.2) is 40.5 Å². The van der Waals surface area contributed by atoms with Crippen molar-refractivity contribution >= 4 is 17.2 Å². The molecule has 0 saturated carbocycles. The zero-order valence-electron chi connectivity index (χ0n) is 13.8. The van der Waals surface area contributed by atoms with Gasteiger partial charge in [0.15, 0.2) is 0 Å². The third-order valence-electron chi connectivity index (χ3n) is 4.15. The minimum absolute atomic E-state index is 0.240. The van der Waals surface area contributed by atoms with Crippen LogP contribution in [0.25, 0.3) is 21.0 Å². The highest BCUT2D eigenvalue weighted by atomic mass is 32.1. The van der Waals surface area contributed by atoms with Crippen molar-refractivity contribution in [2.45, 2.75) is 26.1 Å². The molecular formula is C18H20N4OS. The average Bonchev–Trinajstić information content (AvgIpc) is 3.25. The van der Waals surface area contributed by atoms with Gasteiger partial charge in [0, 0.05) is 35.9 Å². The normalized spacial score (nSPS) is 21.2. The molecule has 0 aromatic carbocycles. The van der Waals surface area contributed by atoms with Gasteiger partial charge in [-0.2, -0.15) is 5.10 Å². The third-order valence-corrected chi connectivity index (χ3v) is 5.32. The molecular weight excluding hydrogens is 320 g/mol. The molecule has 3 aromatic heterocycles. The fourth-order valence-corrected chi connectivity index (χ4v) is 4.09. The van der Waals surface area contributed by atoms with E-state index in [-0.39, 0.29) is 12.2 Å². The number of aromatic amines is 1. The van der Waals surface area contributed by atoms with Gasteiger partial charge in [0.25, 0.3) is 0 Å². The van der Waals surface area contributed by atoms with E-state index in [0.717, 1.165) is 30.2 Å². The van der Waals surface area contributed by atoms with Crippen molar-refractivity contribution in [2.24, 2.45) is 0 Å². The van der Waals surface area contributed by atoms with E-state index in [0.29, 0.717) is 0 Å². The number of morpholine rings is 1. The molecule has 1 saturated heterocycles. The highest BCUT2D eigenvalue weighted by molar-refractivity contribution is 7.18. The maximum atomic E-state index is 5.79. The maximum Gasteiger partial charge on any atom is 0.128 e. The van der Waals surface area contributed by atoms with Gasteiger partial charge in [0.1, 0.15) is 5.82 Å². The van der Waals surface area contributed by atoms with Gasteiger partial charge in [-0.1, -0.05) is 0 Å². The molecule has 0 amide bonds. The van der Waals surface area contributed by atoms with Gasteiger partial charge in [-0.25, -0.2) is 4.98 Å². The second kappa shape index (κ2) is 6.37. The van der Waals surface area contributed by atoms with Crippen LogP contribution in [0.1, 0.15) is 13.8 Å². The molecule has 4 heterocycles. The first-order valence-corrected chi connectivity index (χ1v) is 8.97. The zero-order valence-corrected chi connectivity index (χ0v) is 14.6. The van der Waals surface area contributed by atoms with Crippen molar-refractivity contribution < 1.29 is 4.74 Å². The molecule has 0 spiro atoms. The number of thiophene rings is 1. The Labute approximate surface area is 145 Å². The van der Waals surface area contributed by atoms with Crippen molar-refractivity contribution in [1.82, 2.24) is 15.2 Å². The molecule has 1 aliphatic rings. The van der Waals surface area contributed by atoms with E-state index in [1.807, 2.05) is 12.3 Å². The van der Waals surface area contributed by atoms with E-state index in [1.54, 1.807) is 17.5 Å². The van der Waals surface area contributed by atoms with Crippen LogP contribution in [0.5, 0.6) is 0 Å². The Morgan fingerprint density at radius 3 is 2.54 bits per heavy atom. The molecule has 4 rings (SSSR count). The molecule has 24 heavy (non-hydrogen) atoms. The number of ether oxygens (including phenoxy) is 1. The predicted molar refractivity (Wildman–Crippen MR) is 97.4 cm³/mol. The lowest BCUT2D eigenvalue weighted by Crippen LogP contribution is -2.45. The Bertz CT molecular complexity index is 787. The van der Waals surface area contributed by atoms with Crippen molar-refractivity contribution in [2.75, 3.05) is 18.0 Å². The largest absolute Gasteiger partial charge is 0.372 e. The van der Waals surface area contributed by atoms with Crippen LogP contribution in [0.15, 0.2) is 42.7 Å². The molecule has 5 nitrogen and oxygen atoms in total. The van der Waals surface area contributed by atoms with E-state index in [4.69, 9.17) is 4.74 Å². The molecule has 1 fully saturated rings. The van der Waals surface area contributed by atoms with Gasteiger partial charge in [0.2, 0.25) is 0 Å². The summed E-state index contributed by atoms with van der Waals surface area (Å²) >= 11 is 1.74. The van der Waals surface area contributed by atoms with Gasteiger partial charge in [-0.3, -0.25) is 5.10 Å². The van der Waals surface area contributed by atoms with E-state index in [1.165, 1.54) is 9.75 Å². The topological polar surface area (TPSA) is 54.0 Å². The SMILES string of the molecule is C[C@@H]1CN(c2ccc(-c3ccc(-c4ccn[nH]4)s3)cn2)C[C@H](C)O1. The van der Waals surface area contributed by atoms with Crippen molar-refractivity contribution in [3.8, 4) is 21.0 Å². The number of pyridine rings is 1. The fourth-order valence-electron chi connectivity index (χ4n) is 3.11. The fraction of sp³-hybridized carbons (Fsp3) is 0.333. The lowest BCUT2D eigenvalue weighted by Gasteiger charge is -2.36. The Hall–Kier alpha value is -2.18. The van der Waals surface area contributed by atoms with E-state index in [2.05, 4.69) is 58.2 Å². The molecule has 0 bridgehead atoms. The van der Waals surface area contributed by atoms with Crippen LogP contribution in [0, 0.1) is 0 Å². The Kier molecular flexibility index (Phi) is 4.08. The highest BCUT2D eigenvalue weighted by Gasteiger charge is 2.23. The summed E-state index contributed by atoms with van der Waals surface area (Å²) < 4.78 is 5.79. The molecule has 2 atom stereocenters. The number of H-pyrrole nitrogens is 1. The summed E-state index contributed by atoms with van der Waals surface area (Å²) in [6.45, 7) is 6.00. The lowest BCUT2D eigenvalue weighted by atomic mass is 10.2. The predicted octanol–water partition coefficient (Wildman–Crippen LogP) is 3.81. The van der Waals surface area contributed by atoms with Crippen LogP contribution in [0.4, 0.5) is 5.82 Å². The molecule has 1 aliphatic heterocycles. The molecule has 0 unspecified atom stereocenters. The Balaban J connectivity index is 1.54. The van der Waals surface area contributed by atoms with Crippen molar-refractivity contribution in [3.63, 3.8) is 0 Å². The first kappa shape index (κ1) is 15.4. The number of nitrogens with zero attached hydrogens (tertiary/aromatic N) is 3. The summed E-state index contributed by atoms with van der Waals surface area (Å²) in [6.07, 6.45) is 4.21. The number of rotatable bonds is 3. The van der Waals surface area contributed by atoms with E-state index in [9.17, 15) is 0 Å². The lowest BCUT2D eigenvalue weighted by molar-refractivity contribution is -0.00545. The third kappa shape index (κ3) is 3.07. The van der Waals surface area contributed by atoms with Crippen molar-refractivity contribution in [3.05, 3.63) is 42.7 Å². The molecule has 124 valence electrons. The first-order valence-electron chi connectivity index (χ1n) is 8.15. The van der Waals surface area contributed by atoms with E-state index < -0.39 is 0 Å². The highest BCUT2D eigenvalue weighted by Crippen LogP contribution is 2.33. The Morgan fingerprint density at radius 2 is 1.88 bits per heavy atom. The summed E-state index contributed by atoms with van der Waals surface area (Å²) in [4.78, 5) is 9.37.